The van der Waals surface area contributed by atoms with E-state index in [0.717, 1.165) is 36.5 Å². The van der Waals surface area contributed by atoms with Crippen molar-refractivity contribution in [3.05, 3.63) is 41.2 Å². The Kier molecular flexibility index (Phi) is 5.14. The van der Waals surface area contributed by atoms with E-state index in [2.05, 4.69) is 35.2 Å². The number of anilines is 1. The topological polar surface area (TPSA) is 47.0 Å². The maximum absolute atomic E-state index is 6.04. The number of benzene rings is 1. The lowest BCUT2D eigenvalue weighted by Crippen LogP contribution is -2.07. The number of para-hydroxylation sites is 1. The van der Waals surface area contributed by atoms with E-state index < -0.39 is 0 Å². The van der Waals surface area contributed by atoms with Gasteiger partial charge in [-0.3, -0.25) is 0 Å². The standard InChI is InChI=1S/C17H23N3O/c1-5-11-18-16-12(3)17(20-13(4)19-16)21-15-10-8-7-9-14(15)6-2/h7-10H,5-6,11H2,1-4H3,(H,18,19,20). The van der Waals surface area contributed by atoms with E-state index in [-0.39, 0.29) is 0 Å². The number of hydrogen-bond donors (Lipinski definition) is 1. The van der Waals surface area contributed by atoms with Crippen molar-refractivity contribution in [3.8, 4) is 11.6 Å². The Hall–Kier alpha value is -2.10. The van der Waals surface area contributed by atoms with Gasteiger partial charge in [0.25, 0.3) is 0 Å². The second-order valence-corrected chi connectivity index (χ2v) is 5.04. The summed E-state index contributed by atoms with van der Waals surface area (Å²) in [5.41, 5.74) is 2.12. The second kappa shape index (κ2) is 7.07. The van der Waals surface area contributed by atoms with Crippen molar-refractivity contribution in [2.24, 2.45) is 0 Å². The molecule has 2 aromatic rings. The average Bonchev–Trinajstić information content (AvgIpc) is 2.49. The first-order valence-electron chi connectivity index (χ1n) is 7.50. The minimum absolute atomic E-state index is 0.627. The molecule has 0 aliphatic heterocycles. The highest BCUT2D eigenvalue weighted by molar-refractivity contribution is 5.50. The first kappa shape index (κ1) is 15.3. The van der Waals surface area contributed by atoms with Gasteiger partial charge in [-0.1, -0.05) is 32.0 Å². The lowest BCUT2D eigenvalue weighted by atomic mass is 10.1. The van der Waals surface area contributed by atoms with Gasteiger partial charge in [0, 0.05) is 6.54 Å². The summed E-state index contributed by atoms with van der Waals surface area (Å²) in [6, 6.07) is 8.07. The van der Waals surface area contributed by atoms with Crippen molar-refractivity contribution >= 4 is 5.82 Å². The molecule has 4 heteroatoms. The van der Waals surface area contributed by atoms with Crippen LogP contribution in [0.3, 0.4) is 0 Å². The van der Waals surface area contributed by atoms with Crippen LogP contribution in [0.2, 0.25) is 0 Å². The highest BCUT2D eigenvalue weighted by Gasteiger charge is 2.12. The Morgan fingerprint density at radius 3 is 2.57 bits per heavy atom. The number of nitrogens with one attached hydrogen (secondary N) is 1. The van der Waals surface area contributed by atoms with Gasteiger partial charge < -0.3 is 10.1 Å². The molecule has 2 rings (SSSR count). The third-order valence-corrected chi connectivity index (χ3v) is 3.32. The van der Waals surface area contributed by atoms with Gasteiger partial charge in [0.2, 0.25) is 5.88 Å². The van der Waals surface area contributed by atoms with Gasteiger partial charge >= 0.3 is 0 Å². The molecule has 1 N–H and O–H groups in total. The first-order valence-corrected chi connectivity index (χ1v) is 7.50. The highest BCUT2D eigenvalue weighted by Crippen LogP contribution is 2.29. The SMILES string of the molecule is CCCNc1nc(C)nc(Oc2ccccc2CC)c1C. The minimum Gasteiger partial charge on any atom is -0.438 e. The number of hydrogen-bond acceptors (Lipinski definition) is 4. The Morgan fingerprint density at radius 1 is 1.10 bits per heavy atom. The zero-order valence-corrected chi connectivity index (χ0v) is 13.2. The van der Waals surface area contributed by atoms with Crippen LogP contribution in [0.15, 0.2) is 24.3 Å². The van der Waals surface area contributed by atoms with Crippen molar-refractivity contribution in [2.45, 2.75) is 40.5 Å². The Morgan fingerprint density at radius 2 is 1.86 bits per heavy atom. The van der Waals surface area contributed by atoms with E-state index in [1.807, 2.05) is 32.0 Å². The average molecular weight is 285 g/mol. The number of aromatic nitrogens is 2. The molecule has 0 aliphatic carbocycles. The van der Waals surface area contributed by atoms with E-state index in [4.69, 9.17) is 4.74 Å². The second-order valence-electron chi connectivity index (χ2n) is 5.04. The van der Waals surface area contributed by atoms with Crippen molar-refractivity contribution in [2.75, 3.05) is 11.9 Å². The molecule has 0 radical (unpaired) electrons. The molecule has 0 bridgehead atoms. The summed E-state index contributed by atoms with van der Waals surface area (Å²) in [4.78, 5) is 8.89. The van der Waals surface area contributed by atoms with Crippen molar-refractivity contribution < 1.29 is 4.74 Å². The summed E-state index contributed by atoms with van der Waals surface area (Å²) >= 11 is 0. The van der Waals surface area contributed by atoms with Crippen molar-refractivity contribution in [3.63, 3.8) is 0 Å². The smallest absolute Gasteiger partial charge is 0.227 e. The molecular formula is C17H23N3O. The van der Waals surface area contributed by atoms with Gasteiger partial charge in [-0.15, -0.1) is 0 Å². The fourth-order valence-electron chi connectivity index (χ4n) is 2.12. The lowest BCUT2D eigenvalue weighted by Gasteiger charge is -2.14. The molecule has 0 spiro atoms. The van der Waals surface area contributed by atoms with E-state index in [1.54, 1.807) is 0 Å². The van der Waals surface area contributed by atoms with Crippen LogP contribution in [0.4, 0.5) is 5.82 Å². The number of ether oxygens (including phenoxy) is 1. The maximum atomic E-state index is 6.04. The molecule has 112 valence electrons. The molecule has 0 saturated carbocycles. The fraction of sp³-hybridized carbons (Fsp3) is 0.412. The summed E-state index contributed by atoms with van der Waals surface area (Å²) in [7, 11) is 0. The van der Waals surface area contributed by atoms with Gasteiger partial charge in [0.15, 0.2) is 0 Å². The van der Waals surface area contributed by atoms with E-state index in [9.17, 15) is 0 Å². The zero-order chi connectivity index (χ0) is 15.2. The molecule has 1 aromatic carbocycles. The molecule has 0 unspecified atom stereocenters. The minimum atomic E-state index is 0.627. The van der Waals surface area contributed by atoms with Crippen LogP contribution in [0, 0.1) is 13.8 Å². The number of nitrogens with zero attached hydrogens (tertiary/aromatic N) is 2. The molecule has 0 saturated heterocycles. The Labute approximate surface area is 126 Å². The van der Waals surface area contributed by atoms with Crippen LogP contribution in [-0.2, 0) is 6.42 Å². The Balaban J connectivity index is 2.33. The quantitative estimate of drug-likeness (QED) is 0.861. The van der Waals surface area contributed by atoms with Gasteiger partial charge in [-0.05, 0) is 38.3 Å². The van der Waals surface area contributed by atoms with E-state index >= 15 is 0 Å². The molecule has 21 heavy (non-hydrogen) atoms. The zero-order valence-electron chi connectivity index (χ0n) is 13.2. The molecule has 1 heterocycles. The van der Waals surface area contributed by atoms with Gasteiger partial charge in [0.05, 0.1) is 5.56 Å². The van der Waals surface area contributed by atoms with Crippen molar-refractivity contribution in [1.29, 1.82) is 0 Å². The lowest BCUT2D eigenvalue weighted by molar-refractivity contribution is 0.451. The molecule has 0 fully saturated rings. The highest BCUT2D eigenvalue weighted by atomic mass is 16.5. The summed E-state index contributed by atoms with van der Waals surface area (Å²) in [6.45, 7) is 9.01. The van der Waals surface area contributed by atoms with Gasteiger partial charge in [-0.25, -0.2) is 4.98 Å². The van der Waals surface area contributed by atoms with Gasteiger partial charge in [-0.2, -0.15) is 4.98 Å². The molecular weight excluding hydrogens is 262 g/mol. The number of aryl methyl sites for hydroxylation is 2. The van der Waals surface area contributed by atoms with Crippen LogP contribution in [-0.4, -0.2) is 16.5 Å². The largest absolute Gasteiger partial charge is 0.438 e. The van der Waals surface area contributed by atoms with Crippen LogP contribution < -0.4 is 10.1 Å². The summed E-state index contributed by atoms with van der Waals surface area (Å²) in [5, 5.41) is 3.33. The monoisotopic (exact) mass is 285 g/mol. The van der Waals surface area contributed by atoms with E-state index in [0.29, 0.717) is 11.7 Å². The summed E-state index contributed by atoms with van der Waals surface area (Å²) in [6.07, 6.45) is 1.98. The van der Waals surface area contributed by atoms with Crippen LogP contribution in [0.5, 0.6) is 11.6 Å². The van der Waals surface area contributed by atoms with Crippen LogP contribution in [0.25, 0.3) is 0 Å². The molecule has 0 atom stereocenters. The molecule has 0 amide bonds. The normalized spacial score (nSPS) is 10.5. The number of rotatable bonds is 6. The summed E-state index contributed by atoms with van der Waals surface area (Å²) < 4.78 is 6.04. The molecule has 4 nitrogen and oxygen atoms in total. The third-order valence-electron chi connectivity index (χ3n) is 3.32. The maximum Gasteiger partial charge on any atom is 0.227 e. The van der Waals surface area contributed by atoms with E-state index in [1.165, 1.54) is 5.56 Å². The summed E-state index contributed by atoms with van der Waals surface area (Å²) in [5.74, 6) is 3.06. The van der Waals surface area contributed by atoms with Crippen molar-refractivity contribution in [1.82, 2.24) is 9.97 Å². The van der Waals surface area contributed by atoms with Gasteiger partial charge in [0.1, 0.15) is 17.4 Å². The first-order chi connectivity index (χ1) is 10.2. The predicted molar refractivity (Wildman–Crippen MR) is 86.2 cm³/mol. The third kappa shape index (κ3) is 3.72. The molecule has 1 aromatic heterocycles. The fourth-order valence-corrected chi connectivity index (χ4v) is 2.12. The Bertz CT molecular complexity index is 611. The van der Waals surface area contributed by atoms with Crippen LogP contribution >= 0.6 is 0 Å². The van der Waals surface area contributed by atoms with Crippen LogP contribution in [0.1, 0.15) is 37.2 Å². The predicted octanol–water partition coefficient (Wildman–Crippen LogP) is 4.27. The molecule has 0 aliphatic rings.